The number of carbonyl (C=O) groups excluding carboxylic acids is 1. The van der Waals surface area contributed by atoms with Crippen molar-refractivity contribution in [2.45, 2.75) is 65.2 Å². The van der Waals surface area contributed by atoms with Crippen LogP contribution in [0.4, 0.5) is 0 Å². The molecule has 1 rings (SSSR count). The lowest BCUT2D eigenvalue weighted by molar-refractivity contribution is -0.116. The molecule has 0 radical (unpaired) electrons. The van der Waals surface area contributed by atoms with Gasteiger partial charge in [-0.1, -0.05) is 32.8 Å². The second-order valence-electron chi connectivity index (χ2n) is 5.04. The summed E-state index contributed by atoms with van der Waals surface area (Å²) < 4.78 is 0. The van der Waals surface area contributed by atoms with E-state index in [4.69, 9.17) is 0 Å². The van der Waals surface area contributed by atoms with Crippen LogP contribution >= 0.6 is 0 Å². The highest BCUT2D eigenvalue weighted by atomic mass is 16.1. The Bertz CT molecular complexity index is 225. The topological polar surface area (TPSA) is 17.1 Å². The summed E-state index contributed by atoms with van der Waals surface area (Å²) in [4.78, 5) is 11.9. The maximum Gasteiger partial charge on any atom is 0.158 e. The molecule has 1 heteroatoms. The van der Waals surface area contributed by atoms with Gasteiger partial charge in [0.05, 0.1) is 0 Å². The Morgan fingerprint density at radius 3 is 2.73 bits per heavy atom. The molecule has 0 unspecified atom stereocenters. The number of hydrogen-bond donors (Lipinski definition) is 0. The number of rotatable bonds is 4. The molecule has 0 saturated heterocycles. The molecule has 0 spiro atoms. The zero-order chi connectivity index (χ0) is 11.1. The standard InChI is InChI=1S/C14H24O/c1-12(2)10-11-14(15)13-8-6-4-3-5-7-9-13/h8,12H,3-7,9-11H2,1-2H3. The van der Waals surface area contributed by atoms with Gasteiger partial charge in [0.25, 0.3) is 0 Å². The van der Waals surface area contributed by atoms with Crippen LogP contribution in [0.5, 0.6) is 0 Å². The maximum absolute atomic E-state index is 11.9. The van der Waals surface area contributed by atoms with Gasteiger partial charge in [-0.05, 0) is 43.6 Å². The summed E-state index contributed by atoms with van der Waals surface area (Å²) >= 11 is 0. The van der Waals surface area contributed by atoms with Crippen LogP contribution in [0.25, 0.3) is 0 Å². The van der Waals surface area contributed by atoms with Gasteiger partial charge >= 0.3 is 0 Å². The highest BCUT2D eigenvalue weighted by Crippen LogP contribution is 2.19. The van der Waals surface area contributed by atoms with E-state index in [0.29, 0.717) is 11.7 Å². The molecule has 15 heavy (non-hydrogen) atoms. The van der Waals surface area contributed by atoms with Crippen molar-refractivity contribution in [1.29, 1.82) is 0 Å². The van der Waals surface area contributed by atoms with Gasteiger partial charge in [-0.15, -0.1) is 0 Å². The van der Waals surface area contributed by atoms with Gasteiger partial charge in [0.2, 0.25) is 0 Å². The Labute approximate surface area is 93.9 Å². The first-order valence-electron chi connectivity index (χ1n) is 6.42. The lowest BCUT2D eigenvalue weighted by atomic mass is 9.94. The second kappa shape index (κ2) is 6.81. The third-order valence-electron chi connectivity index (χ3n) is 3.10. The third-order valence-corrected chi connectivity index (χ3v) is 3.10. The largest absolute Gasteiger partial charge is 0.295 e. The van der Waals surface area contributed by atoms with E-state index in [0.717, 1.165) is 31.3 Å². The van der Waals surface area contributed by atoms with Crippen molar-refractivity contribution < 1.29 is 4.79 Å². The fourth-order valence-corrected chi connectivity index (χ4v) is 2.03. The van der Waals surface area contributed by atoms with E-state index in [9.17, 15) is 4.79 Å². The van der Waals surface area contributed by atoms with Gasteiger partial charge in [0, 0.05) is 6.42 Å². The van der Waals surface area contributed by atoms with Crippen molar-refractivity contribution in [2.24, 2.45) is 5.92 Å². The van der Waals surface area contributed by atoms with Crippen molar-refractivity contribution in [2.75, 3.05) is 0 Å². The Morgan fingerprint density at radius 2 is 2.00 bits per heavy atom. The fourth-order valence-electron chi connectivity index (χ4n) is 2.03. The molecular formula is C14H24O. The molecule has 0 amide bonds. The molecule has 0 aromatic carbocycles. The first kappa shape index (κ1) is 12.5. The van der Waals surface area contributed by atoms with Crippen LogP contribution in [0.2, 0.25) is 0 Å². The molecule has 0 atom stereocenters. The molecule has 86 valence electrons. The van der Waals surface area contributed by atoms with E-state index < -0.39 is 0 Å². The SMILES string of the molecule is CC(C)CCC(=O)C1=CCCCCCC1. The zero-order valence-corrected chi connectivity index (χ0v) is 10.2. The Kier molecular flexibility index (Phi) is 5.67. The Hall–Kier alpha value is -0.590. The van der Waals surface area contributed by atoms with E-state index in [1.807, 2.05) is 0 Å². The molecule has 0 aromatic rings. The molecule has 1 aliphatic rings. The van der Waals surface area contributed by atoms with Gasteiger partial charge in [-0.2, -0.15) is 0 Å². The lowest BCUT2D eigenvalue weighted by Gasteiger charge is -2.11. The first-order valence-corrected chi connectivity index (χ1v) is 6.42. The first-order chi connectivity index (χ1) is 7.20. The Morgan fingerprint density at radius 1 is 1.27 bits per heavy atom. The molecule has 1 nitrogen and oxygen atoms in total. The number of ketones is 1. The monoisotopic (exact) mass is 208 g/mol. The number of allylic oxidation sites excluding steroid dienone is 2. The van der Waals surface area contributed by atoms with E-state index >= 15 is 0 Å². The van der Waals surface area contributed by atoms with Gasteiger partial charge in [0.15, 0.2) is 5.78 Å². The second-order valence-corrected chi connectivity index (χ2v) is 5.04. The highest BCUT2D eigenvalue weighted by molar-refractivity contribution is 5.95. The molecule has 0 aromatic heterocycles. The minimum Gasteiger partial charge on any atom is -0.295 e. The molecule has 0 bridgehead atoms. The number of hydrogen-bond acceptors (Lipinski definition) is 1. The van der Waals surface area contributed by atoms with Crippen LogP contribution < -0.4 is 0 Å². The van der Waals surface area contributed by atoms with Crippen molar-refractivity contribution in [3.8, 4) is 0 Å². The van der Waals surface area contributed by atoms with Crippen molar-refractivity contribution >= 4 is 5.78 Å². The predicted octanol–water partition coefficient (Wildman–Crippen LogP) is 4.27. The van der Waals surface area contributed by atoms with Crippen LogP contribution in [-0.2, 0) is 4.79 Å². The molecule has 0 N–H and O–H groups in total. The van der Waals surface area contributed by atoms with Crippen molar-refractivity contribution in [3.63, 3.8) is 0 Å². The van der Waals surface area contributed by atoms with E-state index in [2.05, 4.69) is 19.9 Å². The summed E-state index contributed by atoms with van der Waals surface area (Å²) in [6.45, 7) is 4.36. The van der Waals surface area contributed by atoms with Crippen molar-refractivity contribution in [1.82, 2.24) is 0 Å². The summed E-state index contributed by atoms with van der Waals surface area (Å²) in [5.41, 5.74) is 1.12. The predicted molar refractivity (Wildman–Crippen MR) is 64.9 cm³/mol. The van der Waals surface area contributed by atoms with Crippen LogP contribution in [0, 0.1) is 5.92 Å². The smallest absolute Gasteiger partial charge is 0.158 e. The number of Topliss-reactive ketones (excluding diaryl/α,β-unsaturated/α-hetero) is 1. The molecule has 0 aliphatic heterocycles. The maximum atomic E-state index is 11.9. The minimum absolute atomic E-state index is 0.408. The average molecular weight is 208 g/mol. The minimum atomic E-state index is 0.408. The highest BCUT2D eigenvalue weighted by Gasteiger charge is 2.11. The molecule has 0 heterocycles. The Balaban J connectivity index is 2.41. The van der Waals surface area contributed by atoms with Crippen LogP contribution in [0.1, 0.15) is 65.2 Å². The normalized spacial score (nSPS) is 18.2. The summed E-state index contributed by atoms with van der Waals surface area (Å²) in [5.74, 6) is 1.05. The van der Waals surface area contributed by atoms with Gasteiger partial charge < -0.3 is 0 Å². The lowest BCUT2D eigenvalue weighted by Crippen LogP contribution is -2.05. The zero-order valence-electron chi connectivity index (χ0n) is 10.2. The van der Waals surface area contributed by atoms with E-state index in [1.54, 1.807) is 0 Å². The summed E-state index contributed by atoms with van der Waals surface area (Å²) in [7, 11) is 0. The molecule has 0 fully saturated rings. The summed E-state index contributed by atoms with van der Waals surface area (Å²) in [6, 6.07) is 0. The average Bonchev–Trinajstić information content (AvgIpc) is 2.13. The van der Waals surface area contributed by atoms with Gasteiger partial charge in [0.1, 0.15) is 0 Å². The molecule has 1 aliphatic carbocycles. The van der Waals surface area contributed by atoms with Crippen LogP contribution in [-0.4, -0.2) is 5.78 Å². The van der Waals surface area contributed by atoms with E-state index in [-0.39, 0.29) is 0 Å². The van der Waals surface area contributed by atoms with Crippen molar-refractivity contribution in [3.05, 3.63) is 11.6 Å². The number of carbonyl (C=O) groups is 1. The fraction of sp³-hybridized carbons (Fsp3) is 0.786. The van der Waals surface area contributed by atoms with Crippen LogP contribution in [0.3, 0.4) is 0 Å². The van der Waals surface area contributed by atoms with Crippen LogP contribution in [0.15, 0.2) is 11.6 Å². The summed E-state index contributed by atoms with van der Waals surface area (Å²) in [6.07, 6.45) is 11.2. The van der Waals surface area contributed by atoms with E-state index in [1.165, 1.54) is 25.7 Å². The quantitative estimate of drug-likeness (QED) is 0.674. The molecule has 0 saturated carbocycles. The third kappa shape index (κ3) is 5.15. The van der Waals surface area contributed by atoms with Gasteiger partial charge in [-0.3, -0.25) is 4.79 Å². The summed E-state index contributed by atoms with van der Waals surface area (Å²) in [5, 5.41) is 0. The molecular weight excluding hydrogens is 184 g/mol. The van der Waals surface area contributed by atoms with Gasteiger partial charge in [-0.25, -0.2) is 0 Å².